The summed E-state index contributed by atoms with van der Waals surface area (Å²) in [6.07, 6.45) is 5.90. The summed E-state index contributed by atoms with van der Waals surface area (Å²) in [5, 5.41) is 3.29. The number of hydrogen-bond acceptors (Lipinski definition) is 4. The monoisotopic (exact) mass is 436 g/mol. The predicted octanol–water partition coefficient (Wildman–Crippen LogP) is 3.58. The van der Waals surface area contributed by atoms with Gasteiger partial charge < -0.3 is 19.4 Å². The van der Waals surface area contributed by atoms with E-state index in [2.05, 4.69) is 10.3 Å². The van der Waals surface area contributed by atoms with E-state index in [-0.39, 0.29) is 30.7 Å². The first-order chi connectivity index (χ1) is 13.2. The first-order valence-electron chi connectivity index (χ1n) is 9.35. The van der Waals surface area contributed by atoms with E-state index < -0.39 is 0 Å². The third-order valence-corrected chi connectivity index (χ3v) is 5.07. The molecule has 8 heteroatoms. The number of carbonyl (C=O) groups is 1. The predicted molar refractivity (Wildman–Crippen MR) is 118 cm³/mol. The number of benzene rings is 1. The molecule has 3 aromatic rings. The van der Waals surface area contributed by atoms with E-state index in [0.717, 1.165) is 37.3 Å². The van der Waals surface area contributed by atoms with Crippen LogP contribution in [0.3, 0.4) is 0 Å². The van der Waals surface area contributed by atoms with Gasteiger partial charge in [-0.05, 0) is 50.2 Å². The van der Waals surface area contributed by atoms with Crippen molar-refractivity contribution >= 4 is 36.4 Å². The van der Waals surface area contributed by atoms with Gasteiger partial charge in [-0.25, -0.2) is 4.98 Å². The number of aromatic nitrogens is 2. The Bertz CT molecular complexity index is 906. The minimum absolute atomic E-state index is 0. The molecule has 0 saturated carbocycles. The Morgan fingerprint density at radius 2 is 1.97 bits per heavy atom. The lowest BCUT2D eigenvalue weighted by Gasteiger charge is -2.31. The number of fused-ring (bicyclic) bond motifs is 1. The van der Waals surface area contributed by atoms with Crippen LogP contribution in [0.1, 0.15) is 28.9 Å². The van der Waals surface area contributed by atoms with Gasteiger partial charge in [0.05, 0.1) is 5.69 Å². The zero-order valence-corrected chi connectivity index (χ0v) is 17.9. The van der Waals surface area contributed by atoms with Crippen molar-refractivity contribution in [2.45, 2.75) is 25.5 Å². The molecule has 2 aromatic heterocycles. The summed E-state index contributed by atoms with van der Waals surface area (Å²) in [4.78, 5) is 19.2. The molecule has 0 bridgehead atoms. The van der Waals surface area contributed by atoms with Gasteiger partial charge in [0.15, 0.2) is 0 Å². The highest BCUT2D eigenvalue weighted by molar-refractivity contribution is 5.94. The van der Waals surface area contributed by atoms with Crippen LogP contribution in [0.2, 0.25) is 0 Å². The van der Waals surface area contributed by atoms with Crippen LogP contribution in [0.25, 0.3) is 5.65 Å². The van der Waals surface area contributed by atoms with Crippen LogP contribution >= 0.6 is 24.8 Å². The zero-order chi connectivity index (χ0) is 18.6. The van der Waals surface area contributed by atoms with E-state index >= 15 is 0 Å². The molecule has 0 unspecified atom stereocenters. The van der Waals surface area contributed by atoms with Gasteiger partial charge >= 0.3 is 0 Å². The molecule has 1 aliphatic rings. The standard InChI is InChI=1S/C21H24N4O2.2ClH/c1-22-17-8-11-24(12-9-17)21(26)16-5-4-6-19(13-16)27-15-18-14-25-10-3-2-7-20(25)23-18;;/h2-7,10,13-14,17,22H,8-9,11-12,15H2,1H3;2*1H. The van der Waals surface area contributed by atoms with E-state index in [4.69, 9.17) is 4.74 Å². The van der Waals surface area contributed by atoms with Gasteiger partial charge in [-0.1, -0.05) is 12.1 Å². The third-order valence-electron chi connectivity index (χ3n) is 5.07. The maximum absolute atomic E-state index is 12.8. The van der Waals surface area contributed by atoms with Gasteiger partial charge in [0.2, 0.25) is 0 Å². The SMILES string of the molecule is CNC1CCN(C(=O)c2cccc(OCc3cn4ccccc4n3)c2)CC1.Cl.Cl. The smallest absolute Gasteiger partial charge is 0.253 e. The normalized spacial score (nSPS) is 14.2. The van der Waals surface area contributed by atoms with Crippen molar-refractivity contribution in [3.8, 4) is 5.75 Å². The number of ether oxygens (including phenoxy) is 1. The number of imidazole rings is 1. The molecule has 0 aliphatic carbocycles. The second kappa shape index (κ2) is 10.5. The number of hydrogen-bond donors (Lipinski definition) is 1. The molecule has 1 N–H and O–H groups in total. The molecule has 0 radical (unpaired) electrons. The minimum Gasteiger partial charge on any atom is -0.487 e. The Balaban J connectivity index is 0.00000150. The molecule has 156 valence electrons. The molecule has 1 aliphatic heterocycles. The number of likely N-dealkylation sites (tertiary alicyclic amines) is 1. The largest absolute Gasteiger partial charge is 0.487 e. The average molecular weight is 437 g/mol. The first kappa shape index (κ1) is 23.0. The summed E-state index contributed by atoms with van der Waals surface area (Å²) < 4.78 is 7.84. The number of rotatable bonds is 5. The number of halogens is 2. The zero-order valence-electron chi connectivity index (χ0n) is 16.3. The van der Waals surface area contributed by atoms with Crippen LogP contribution in [0.15, 0.2) is 54.9 Å². The van der Waals surface area contributed by atoms with Gasteiger partial charge in [0.25, 0.3) is 5.91 Å². The van der Waals surface area contributed by atoms with E-state index in [0.29, 0.717) is 24.0 Å². The summed E-state index contributed by atoms with van der Waals surface area (Å²) >= 11 is 0. The lowest BCUT2D eigenvalue weighted by molar-refractivity contribution is 0.0707. The van der Waals surface area contributed by atoms with Gasteiger partial charge in [-0.15, -0.1) is 24.8 Å². The summed E-state index contributed by atoms with van der Waals surface area (Å²) in [6, 6.07) is 13.8. The first-order valence-corrected chi connectivity index (χ1v) is 9.35. The molecule has 1 aromatic carbocycles. The highest BCUT2D eigenvalue weighted by Crippen LogP contribution is 2.19. The Hall–Kier alpha value is -2.28. The fourth-order valence-corrected chi connectivity index (χ4v) is 3.49. The number of piperidine rings is 1. The molecular weight excluding hydrogens is 411 g/mol. The van der Waals surface area contributed by atoms with E-state index in [1.54, 1.807) is 0 Å². The van der Waals surface area contributed by atoms with Crippen LogP contribution in [-0.4, -0.2) is 46.4 Å². The molecule has 29 heavy (non-hydrogen) atoms. The molecule has 4 rings (SSSR count). The molecule has 1 amide bonds. The molecule has 0 spiro atoms. The molecule has 3 heterocycles. The Labute approximate surface area is 183 Å². The summed E-state index contributed by atoms with van der Waals surface area (Å²) in [5.41, 5.74) is 2.42. The quantitative estimate of drug-likeness (QED) is 0.663. The maximum Gasteiger partial charge on any atom is 0.253 e. The van der Waals surface area contributed by atoms with Crippen LogP contribution in [-0.2, 0) is 6.61 Å². The maximum atomic E-state index is 12.8. The molecule has 6 nitrogen and oxygen atoms in total. The fraction of sp³-hybridized carbons (Fsp3) is 0.333. The topological polar surface area (TPSA) is 58.9 Å². The summed E-state index contributed by atoms with van der Waals surface area (Å²) in [6.45, 7) is 1.94. The highest BCUT2D eigenvalue weighted by atomic mass is 35.5. The van der Waals surface area contributed by atoms with Crippen LogP contribution in [0.4, 0.5) is 0 Å². The Morgan fingerprint density at radius 3 is 2.69 bits per heavy atom. The van der Waals surface area contributed by atoms with E-state index in [1.807, 2.05) is 71.2 Å². The molecule has 0 atom stereocenters. The third kappa shape index (κ3) is 5.41. The van der Waals surface area contributed by atoms with Crippen molar-refractivity contribution < 1.29 is 9.53 Å². The van der Waals surface area contributed by atoms with Crippen molar-refractivity contribution in [3.63, 3.8) is 0 Å². The van der Waals surface area contributed by atoms with E-state index in [1.165, 1.54) is 0 Å². The van der Waals surface area contributed by atoms with Gasteiger partial charge in [-0.3, -0.25) is 4.79 Å². The van der Waals surface area contributed by atoms with Crippen molar-refractivity contribution in [2.75, 3.05) is 20.1 Å². The second-order valence-corrected chi connectivity index (χ2v) is 6.87. The van der Waals surface area contributed by atoms with Crippen molar-refractivity contribution in [3.05, 3.63) is 66.1 Å². The number of pyridine rings is 1. The molecule has 1 saturated heterocycles. The van der Waals surface area contributed by atoms with Crippen molar-refractivity contribution in [1.82, 2.24) is 19.6 Å². The number of amides is 1. The Kier molecular flexibility index (Phi) is 8.32. The minimum atomic E-state index is 0. The number of nitrogens with zero attached hydrogens (tertiary/aromatic N) is 3. The summed E-state index contributed by atoms with van der Waals surface area (Å²) in [5.74, 6) is 0.755. The van der Waals surface area contributed by atoms with Crippen LogP contribution in [0.5, 0.6) is 5.75 Å². The lowest BCUT2D eigenvalue weighted by Crippen LogP contribution is -2.43. The van der Waals surface area contributed by atoms with Crippen molar-refractivity contribution in [2.24, 2.45) is 0 Å². The van der Waals surface area contributed by atoms with Crippen LogP contribution < -0.4 is 10.1 Å². The molecule has 1 fully saturated rings. The fourth-order valence-electron chi connectivity index (χ4n) is 3.49. The molecular formula is C21H26Cl2N4O2. The van der Waals surface area contributed by atoms with Gasteiger partial charge in [0, 0.05) is 37.1 Å². The van der Waals surface area contributed by atoms with E-state index in [9.17, 15) is 4.79 Å². The van der Waals surface area contributed by atoms with Gasteiger partial charge in [0.1, 0.15) is 18.0 Å². The van der Waals surface area contributed by atoms with Gasteiger partial charge in [-0.2, -0.15) is 0 Å². The lowest BCUT2D eigenvalue weighted by atomic mass is 10.0. The average Bonchev–Trinajstić information content (AvgIpc) is 3.15. The second-order valence-electron chi connectivity index (χ2n) is 6.87. The number of nitrogens with one attached hydrogen (secondary N) is 1. The summed E-state index contributed by atoms with van der Waals surface area (Å²) in [7, 11) is 1.98. The number of carbonyl (C=O) groups excluding carboxylic acids is 1. The Morgan fingerprint density at radius 1 is 1.17 bits per heavy atom. The van der Waals surface area contributed by atoms with Crippen LogP contribution in [0, 0.1) is 0 Å². The van der Waals surface area contributed by atoms with Crippen molar-refractivity contribution in [1.29, 1.82) is 0 Å². The highest BCUT2D eigenvalue weighted by Gasteiger charge is 2.22.